The molecule has 1 N–H and O–H groups in total. The number of amides is 2. The third kappa shape index (κ3) is 3.87. The van der Waals surface area contributed by atoms with Crippen LogP contribution in [0.5, 0.6) is 0 Å². The molecule has 31 heavy (non-hydrogen) atoms. The summed E-state index contributed by atoms with van der Waals surface area (Å²) in [4.78, 5) is 28.2. The number of rotatable bonds is 4. The molecule has 3 aromatic carbocycles. The minimum absolute atomic E-state index is 0.248. The first-order valence-corrected chi connectivity index (χ1v) is 10.4. The van der Waals surface area contributed by atoms with Crippen molar-refractivity contribution in [2.45, 2.75) is 27.7 Å². The number of anilines is 2. The van der Waals surface area contributed by atoms with Crippen LogP contribution in [0.25, 0.3) is 5.57 Å². The smallest absolute Gasteiger partial charge is 0.282 e. The van der Waals surface area contributed by atoms with Crippen LogP contribution in [0.3, 0.4) is 0 Å². The molecule has 0 fully saturated rings. The number of hydrogen-bond acceptors (Lipinski definition) is 3. The Morgan fingerprint density at radius 1 is 0.774 bits per heavy atom. The largest absolute Gasteiger partial charge is 0.350 e. The highest BCUT2D eigenvalue weighted by Crippen LogP contribution is 2.37. The van der Waals surface area contributed by atoms with Crippen LogP contribution >= 0.6 is 11.6 Å². The van der Waals surface area contributed by atoms with Crippen molar-refractivity contribution in [1.29, 1.82) is 0 Å². The lowest BCUT2D eigenvalue weighted by Crippen LogP contribution is -2.32. The molecular formula is C26H23ClN2O2. The fourth-order valence-corrected chi connectivity index (χ4v) is 4.07. The summed E-state index contributed by atoms with van der Waals surface area (Å²) in [5, 5.41) is 3.57. The Morgan fingerprint density at radius 3 is 2.10 bits per heavy atom. The molecule has 0 bridgehead atoms. The van der Waals surface area contributed by atoms with Crippen LogP contribution in [0.15, 0.2) is 66.4 Å². The monoisotopic (exact) mass is 430 g/mol. The van der Waals surface area contributed by atoms with Crippen molar-refractivity contribution in [2.24, 2.45) is 0 Å². The van der Waals surface area contributed by atoms with Gasteiger partial charge in [-0.25, -0.2) is 4.90 Å². The fourth-order valence-electron chi connectivity index (χ4n) is 3.85. The third-order valence-electron chi connectivity index (χ3n) is 5.46. The van der Waals surface area contributed by atoms with E-state index in [-0.39, 0.29) is 5.70 Å². The van der Waals surface area contributed by atoms with E-state index in [9.17, 15) is 9.59 Å². The summed E-state index contributed by atoms with van der Waals surface area (Å²) in [7, 11) is 0. The van der Waals surface area contributed by atoms with Crippen molar-refractivity contribution in [2.75, 3.05) is 10.2 Å². The maximum Gasteiger partial charge on any atom is 0.282 e. The van der Waals surface area contributed by atoms with Gasteiger partial charge in [-0.1, -0.05) is 48.0 Å². The number of benzene rings is 3. The maximum absolute atomic E-state index is 13.5. The van der Waals surface area contributed by atoms with Crippen LogP contribution < -0.4 is 10.2 Å². The van der Waals surface area contributed by atoms with Crippen LogP contribution in [0.2, 0.25) is 5.02 Å². The van der Waals surface area contributed by atoms with Gasteiger partial charge in [-0.15, -0.1) is 0 Å². The SMILES string of the molecule is Cc1cc(C)cc(NC2=C(c3ccc(C)c(C)c3)C(=O)N(c3ccccc3Cl)C2=O)c1. The number of carbonyl (C=O) groups is 2. The van der Waals surface area contributed by atoms with Crippen molar-refractivity contribution in [3.05, 3.63) is 99.2 Å². The third-order valence-corrected chi connectivity index (χ3v) is 5.78. The van der Waals surface area contributed by atoms with Crippen LogP contribution in [0, 0.1) is 27.7 Å². The molecule has 1 aliphatic rings. The first kappa shape index (κ1) is 20.9. The van der Waals surface area contributed by atoms with Gasteiger partial charge in [0.25, 0.3) is 11.8 Å². The minimum atomic E-state index is -0.425. The van der Waals surface area contributed by atoms with E-state index in [0.717, 1.165) is 32.8 Å². The number of nitrogens with zero attached hydrogens (tertiary/aromatic N) is 1. The number of aryl methyl sites for hydroxylation is 4. The Kier molecular flexibility index (Phi) is 5.42. The standard InChI is InChI=1S/C26H23ClN2O2/c1-15-11-16(2)13-20(12-15)28-24-23(19-10-9-17(3)18(4)14-19)25(30)29(26(24)31)22-8-6-5-7-21(22)27/h5-14,28H,1-4H3. The second kappa shape index (κ2) is 8.05. The summed E-state index contributed by atoms with van der Waals surface area (Å²) < 4.78 is 0. The van der Waals surface area contributed by atoms with Crippen molar-refractivity contribution >= 4 is 40.4 Å². The van der Waals surface area contributed by atoms with Gasteiger partial charge in [-0.2, -0.15) is 0 Å². The second-order valence-electron chi connectivity index (χ2n) is 7.95. The molecule has 0 spiro atoms. The lowest BCUT2D eigenvalue weighted by atomic mass is 9.99. The average molecular weight is 431 g/mol. The van der Waals surface area contributed by atoms with Gasteiger partial charge in [-0.05, 0) is 79.8 Å². The highest BCUT2D eigenvalue weighted by atomic mass is 35.5. The number of imide groups is 1. The highest BCUT2D eigenvalue weighted by molar-refractivity contribution is 6.48. The van der Waals surface area contributed by atoms with Gasteiger partial charge in [0.15, 0.2) is 0 Å². The molecule has 1 aliphatic heterocycles. The molecule has 3 aromatic rings. The van der Waals surface area contributed by atoms with E-state index in [1.54, 1.807) is 24.3 Å². The number of nitrogens with one attached hydrogen (secondary N) is 1. The Labute approximate surface area is 187 Å². The first-order chi connectivity index (χ1) is 14.8. The van der Waals surface area contributed by atoms with Crippen LogP contribution in [0.4, 0.5) is 11.4 Å². The number of hydrogen-bond donors (Lipinski definition) is 1. The second-order valence-corrected chi connectivity index (χ2v) is 8.35. The summed E-state index contributed by atoms with van der Waals surface area (Å²) >= 11 is 6.34. The van der Waals surface area contributed by atoms with Crippen molar-refractivity contribution in [3.63, 3.8) is 0 Å². The number of carbonyl (C=O) groups excluding carboxylic acids is 2. The predicted octanol–water partition coefficient (Wildman–Crippen LogP) is 5.97. The van der Waals surface area contributed by atoms with Gasteiger partial charge in [0.1, 0.15) is 5.70 Å². The Balaban J connectivity index is 1.88. The van der Waals surface area contributed by atoms with E-state index < -0.39 is 11.8 Å². The van der Waals surface area contributed by atoms with E-state index in [2.05, 4.69) is 11.4 Å². The van der Waals surface area contributed by atoms with E-state index >= 15 is 0 Å². The summed E-state index contributed by atoms with van der Waals surface area (Å²) in [5.41, 5.74) is 6.72. The molecule has 5 heteroatoms. The van der Waals surface area contributed by atoms with Crippen LogP contribution in [0.1, 0.15) is 27.8 Å². The topological polar surface area (TPSA) is 49.4 Å². The Morgan fingerprint density at radius 2 is 1.45 bits per heavy atom. The van der Waals surface area contributed by atoms with Crippen molar-refractivity contribution in [1.82, 2.24) is 0 Å². The van der Waals surface area contributed by atoms with Crippen LogP contribution in [-0.2, 0) is 9.59 Å². The number of para-hydroxylation sites is 1. The van der Waals surface area contributed by atoms with E-state index in [1.807, 2.05) is 58.0 Å². The summed E-state index contributed by atoms with van der Waals surface area (Å²) in [6, 6.07) is 18.6. The van der Waals surface area contributed by atoms with Crippen molar-refractivity contribution in [3.8, 4) is 0 Å². The van der Waals surface area contributed by atoms with E-state index in [1.165, 1.54) is 0 Å². The molecule has 0 aliphatic carbocycles. The minimum Gasteiger partial charge on any atom is -0.350 e. The molecule has 1 heterocycles. The number of halogens is 1. The molecule has 0 unspecified atom stereocenters. The Hall–Kier alpha value is -3.37. The maximum atomic E-state index is 13.5. The van der Waals surface area contributed by atoms with Gasteiger partial charge in [0.05, 0.1) is 16.3 Å². The molecule has 0 aromatic heterocycles. The lowest BCUT2D eigenvalue weighted by Gasteiger charge is -2.17. The van der Waals surface area contributed by atoms with Gasteiger partial charge < -0.3 is 5.32 Å². The van der Waals surface area contributed by atoms with Gasteiger partial charge in [0, 0.05) is 5.69 Å². The molecule has 0 atom stereocenters. The quantitative estimate of drug-likeness (QED) is 0.518. The van der Waals surface area contributed by atoms with Gasteiger partial charge in [-0.3, -0.25) is 9.59 Å². The fraction of sp³-hybridized carbons (Fsp3) is 0.154. The van der Waals surface area contributed by atoms with E-state index in [0.29, 0.717) is 21.8 Å². The Bertz CT molecular complexity index is 1240. The highest BCUT2D eigenvalue weighted by Gasteiger charge is 2.41. The molecule has 156 valence electrons. The molecule has 4 nitrogen and oxygen atoms in total. The molecule has 0 radical (unpaired) electrons. The van der Waals surface area contributed by atoms with Gasteiger partial charge >= 0.3 is 0 Å². The predicted molar refractivity (Wildman–Crippen MR) is 126 cm³/mol. The summed E-state index contributed by atoms with van der Waals surface area (Å²) in [6.07, 6.45) is 0. The van der Waals surface area contributed by atoms with Gasteiger partial charge in [0.2, 0.25) is 0 Å². The molecule has 0 saturated carbocycles. The zero-order chi connectivity index (χ0) is 22.3. The molecule has 2 amide bonds. The average Bonchev–Trinajstić information content (AvgIpc) is 2.94. The zero-order valence-corrected chi connectivity index (χ0v) is 18.7. The van der Waals surface area contributed by atoms with Crippen LogP contribution in [-0.4, -0.2) is 11.8 Å². The summed E-state index contributed by atoms with van der Waals surface area (Å²) in [5.74, 6) is -0.821. The van der Waals surface area contributed by atoms with E-state index in [4.69, 9.17) is 11.6 Å². The molecule has 0 saturated heterocycles. The molecular weight excluding hydrogens is 408 g/mol. The lowest BCUT2D eigenvalue weighted by molar-refractivity contribution is -0.120. The first-order valence-electron chi connectivity index (χ1n) is 10.1. The molecule has 4 rings (SSSR count). The zero-order valence-electron chi connectivity index (χ0n) is 17.9. The van der Waals surface area contributed by atoms with Crippen molar-refractivity contribution < 1.29 is 9.59 Å². The summed E-state index contributed by atoms with van der Waals surface area (Å²) in [6.45, 7) is 7.99. The normalized spacial score (nSPS) is 13.9.